The van der Waals surface area contributed by atoms with Gasteiger partial charge in [-0.05, 0) is 31.2 Å². The molecule has 3 rings (SSSR count). The molecule has 25 heavy (non-hydrogen) atoms. The van der Waals surface area contributed by atoms with Crippen molar-refractivity contribution in [2.24, 2.45) is 11.8 Å². The van der Waals surface area contributed by atoms with Gasteiger partial charge in [0.15, 0.2) is 5.76 Å². The number of hydrogen-bond acceptors (Lipinski definition) is 6. The lowest BCUT2D eigenvalue weighted by atomic mass is 9.89. The van der Waals surface area contributed by atoms with Gasteiger partial charge in [-0.3, -0.25) is 9.69 Å². The SMILES string of the molecule is CCOc1ccc(C(=O)N2C[C@@H](CO)C[C@@H](CN3CCOCC3)C2)o1. The first-order valence-corrected chi connectivity index (χ1v) is 9.12. The molecule has 1 N–H and O–H groups in total. The maximum atomic E-state index is 12.8. The molecule has 1 aromatic heterocycles. The molecule has 1 amide bonds. The number of hydrogen-bond donors (Lipinski definition) is 1. The summed E-state index contributed by atoms with van der Waals surface area (Å²) < 4.78 is 16.2. The van der Waals surface area contributed by atoms with Crippen LogP contribution in [0.15, 0.2) is 16.5 Å². The summed E-state index contributed by atoms with van der Waals surface area (Å²) in [4.78, 5) is 17.0. The fourth-order valence-electron chi connectivity index (χ4n) is 3.71. The Hall–Kier alpha value is -1.57. The van der Waals surface area contributed by atoms with Crippen molar-refractivity contribution < 1.29 is 23.8 Å². The van der Waals surface area contributed by atoms with Crippen LogP contribution in [-0.4, -0.2) is 80.0 Å². The molecular weight excluding hydrogens is 324 g/mol. The number of carbonyl (C=O) groups is 1. The summed E-state index contributed by atoms with van der Waals surface area (Å²) in [7, 11) is 0. The molecule has 7 heteroatoms. The largest absolute Gasteiger partial charge is 0.465 e. The summed E-state index contributed by atoms with van der Waals surface area (Å²) >= 11 is 0. The van der Waals surface area contributed by atoms with Crippen LogP contribution in [0.2, 0.25) is 0 Å². The summed E-state index contributed by atoms with van der Waals surface area (Å²) in [6.07, 6.45) is 0.944. The molecule has 140 valence electrons. The van der Waals surface area contributed by atoms with Gasteiger partial charge in [-0.15, -0.1) is 0 Å². The predicted octanol–water partition coefficient (Wildman–Crippen LogP) is 1.08. The number of carbonyl (C=O) groups excluding carboxylic acids is 1. The van der Waals surface area contributed by atoms with E-state index in [2.05, 4.69) is 4.90 Å². The van der Waals surface area contributed by atoms with E-state index in [1.807, 2.05) is 11.8 Å². The van der Waals surface area contributed by atoms with Crippen molar-refractivity contribution in [3.63, 3.8) is 0 Å². The highest BCUT2D eigenvalue weighted by Gasteiger charge is 2.32. The Balaban J connectivity index is 1.63. The third-order valence-electron chi connectivity index (χ3n) is 4.87. The second-order valence-corrected chi connectivity index (χ2v) is 6.83. The molecule has 0 spiro atoms. The Morgan fingerprint density at radius 1 is 1.28 bits per heavy atom. The van der Waals surface area contributed by atoms with E-state index >= 15 is 0 Å². The molecule has 0 aromatic carbocycles. The zero-order valence-corrected chi connectivity index (χ0v) is 14.9. The molecule has 0 aliphatic carbocycles. The quantitative estimate of drug-likeness (QED) is 0.826. The van der Waals surface area contributed by atoms with Crippen molar-refractivity contribution in [3.8, 4) is 5.95 Å². The number of piperidine rings is 1. The Bertz CT molecular complexity index is 555. The molecule has 3 heterocycles. The first kappa shape index (κ1) is 18.2. The summed E-state index contributed by atoms with van der Waals surface area (Å²) in [6, 6.07) is 3.34. The van der Waals surface area contributed by atoms with Crippen molar-refractivity contribution in [2.75, 3.05) is 59.2 Å². The molecule has 2 aliphatic heterocycles. The van der Waals surface area contributed by atoms with Gasteiger partial charge in [0.1, 0.15) is 0 Å². The van der Waals surface area contributed by atoms with E-state index in [4.69, 9.17) is 13.9 Å². The molecule has 0 bridgehead atoms. The fourth-order valence-corrected chi connectivity index (χ4v) is 3.71. The number of ether oxygens (including phenoxy) is 2. The normalized spacial score (nSPS) is 25.1. The van der Waals surface area contributed by atoms with Crippen LogP contribution in [0.4, 0.5) is 0 Å². The third kappa shape index (κ3) is 4.74. The highest BCUT2D eigenvalue weighted by atomic mass is 16.6. The van der Waals surface area contributed by atoms with Crippen molar-refractivity contribution in [1.29, 1.82) is 0 Å². The Labute approximate surface area is 148 Å². The van der Waals surface area contributed by atoms with E-state index in [0.29, 0.717) is 37.3 Å². The Morgan fingerprint density at radius 2 is 2.04 bits per heavy atom. The van der Waals surface area contributed by atoms with Crippen LogP contribution in [0.3, 0.4) is 0 Å². The number of aliphatic hydroxyl groups excluding tert-OH is 1. The van der Waals surface area contributed by atoms with Crippen LogP contribution in [0.25, 0.3) is 0 Å². The van der Waals surface area contributed by atoms with Gasteiger partial charge in [-0.1, -0.05) is 0 Å². The fraction of sp³-hybridized carbons (Fsp3) is 0.722. The summed E-state index contributed by atoms with van der Waals surface area (Å²) in [5.41, 5.74) is 0. The number of likely N-dealkylation sites (tertiary alicyclic amines) is 1. The molecule has 0 saturated carbocycles. The van der Waals surface area contributed by atoms with Crippen LogP contribution < -0.4 is 4.74 Å². The Kier molecular flexibility index (Phi) is 6.34. The number of morpholine rings is 1. The van der Waals surface area contributed by atoms with Gasteiger partial charge in [0.25, 0.3) is 11.9 Å². The minimum atomic E-state index is -0.129. The average Bonchev–Trinajstić information content (AvgIpc) is 3.10. The van der Waals surface area contributed by atoms with E-state index in [1.54, 1.807) is 12.1 Å². The zero-order valence-electron chi connectivity index (χ0n) is 14.9. The lowest BCUT2D eigenvalue weighted by molar-refractivity contribution is 0.0123. The molecule has 2 aliphatic rings. The first-order chi connectivity index (χ1) is 12.2. The number of furan rings is 1. The summed E-state index contributed by atoms with van der Waals surface area (Å²) in [5.74, 6) is 1.01. The number of nitrogens with zero attached hydrogens (tertiary/aromatic N) is 2. The monoisotopic (exact) mass is 352 g/mol. The lowest BCUT2D eigenvalue weighted by Gasteiger charge is -2.39. The third-order valence-corrected chi connectivity index (χ3v) is 4.87. The maximum Gasteiger partial charge on any atom is 0.289 e. The van der Waals surface area contributed by atoms with Crippen molar-refractivity contribution >= 4 is 5.91 Å². The minimum absolute atomic E-state index is 0.103. The van der Waals surface area contributed by atoms with Crippen LogP contribution in [0.5, 0.6) is 5.95 Å². The maximum absolute atomic E-state index is 12.8. The van der Waals surface area contributed by atoms with E-state index in [1.165, 1.54) is 0 Å². The van der Waals surface area contributed by atoms with Gasteiger partial charge in [0.2, 0.25) is 0 Å². The topological polar surface area (TPSA) is 75.4 Å². The number of aliphatic hydroxyl groups is 1. The minimum Gasteiger partial charge on any atom is -0.465 e. The highest BCUT2D eigenvalue weighted by molar-refractivity contribution is 5.91. The highest BCUT2D eigenvalue weighted by Crippen LogP contribution is 2.26. The molecule has 1 aromatic rings. The van der Waals surface area contributed by atoms with Crippen LogP contribution >= 0.6 is 0 Å². The molecular formula is C18H28N2O5. The summed E-state index contributed by atoms with van der Waals surface area (Å²) in [6.45, 7) is 8.08. The number of rotatable bonds is 6. The van der Waals surface area contributed by atoms with Crippen LogP contribution in [0.1, 0.15) is 23.9 Å². The van der Waals surface area contributed by atoms with Crippen molar-refractivity contribution in [3.05, 3.63) is 17.9 Å². The van der Waals surface area contributed by atoms with E-state index in [9.17, 15) is 9.90 Å². The molecule has 2 atom stereocenters. The van der Waals surface area contributed by atoms with Gasteiger partial charge in [0, 0.05) is 45.4 Å². The van der Waals surface area contributed by atoms with Gasteiger partial charge in [0.05, 0.1) is 19.8 Å². The second-order valence-electron chi connectivity index (χ2n) is 6.83. The van der Waals surface area contributed by atoms with E-state index < -0.39 is 0 Å². The predicted molar refractivity (Wildman–Crippen MR) is 91.7 cm³/mol. The average molecular weight is 352 g/mol. The molecule has 0 radical (unpaired) electrons. The number of amides is 1. The van der Waals surface area contributed by atoms with Crippen molar-refractivity contribution in [1.82, 2.24) is 9.80 Å². The van der Waals surface area contributed by atoms with Gasteiger partial charge < -0.3 is 23.9 Å². The van der Waals surface area contributed by atoms with Gasteiger partial charge in [-0.2, -0.15) is 0 Å². The zero-order chi connectivity index (χ0) is 17.6. The van der Waals surface area contributed by atoms with Crippen LogP contribution in [-0.2, 0) is 4.74 Å². The molecule has 2 saturated heterocycles. The smallest absolute Gasteiger partial charge is 0.289 e. The van der Waals surface area contributed by atoms with Gasteiger partial charge >= 0.3 is 0 Å². The van der Waals surface area contributed by atoms with Crippen LogP contribution in [0, 0.1) is 11.8 Å². The second kappa shape index (κ2) is 8.69. The Morgan fingerprint density at radius 3 is 2.76 bits per heavy atom. The molecule has 7 nitrogen and oxygen atoms in total. The van der Waals surface area contributed by atoms with Gasteiger partial charge in [-0.25, -0.2) is 0 Å². The molecule has 2 fully saturated rings. The van der Waals surface area contributed by atoms with Crippen molar-refractivity contribution in [2.45, 2.75) is 13.3 Å². The molecule has 0 unspecified atom stereocenters. The lowest BCUT2D eigenvalue weighted by Crippen LogP contribution is -2.49. The standard InChI is InChI=1S/C18H28N2O5/c1-2-24-17-4-3-16(25-17)18(22)20-11-14(9-15(12-20)13-21)10-19-5-7-23-8-6-19/h3-4,14-15,21H,2,5-13H2,1H3/t14-,15-/m0/s1. The first-order valence-electron chi connectivity index (χ1n) is 9.12. The summed E-state index contributed by atoms with van der Waals surface area (Å²) in [5, 5.41) is 9.64. The van der Waals surface area contributed by atoms with E-state index in [-0.39, 0.29) is 18.4 Å². The van der Waals surface area contributed by atoms with E-state index in [0.717, 1.165) is 39.3 Å².